The van der Waals surface area contributed by atoms with Gasteiger partial charge in [0.15, 0.2) is 0 Å². The molecule has 1 heterocycles. The van der Waals surface area contributed by atoms with E-state index in [0.29, 0.717) is 17.4 Å². The number of hydrogen-bond donors (Lipinski definition) is 1. The van der Waals surface area contributed by atoms with Gasteiger partial charge in [-0.05, 0) is 25.1 Å². The average molecular weight is 354 g/mol. The third kappa shape index (κ3) is 3.94. The van der Waals surface area contributed by atoms with Gasteiger partial charge in [-0.3, -0.25) is 10.1 Å². The molecule has 1 N–H and O–H groups in total. The van der Waals surface area contributed by atoms with Gasteiger partial charge >= 0.3 is 0 Å². The Morgan fingerprint density at radius 3 is 2.85 bits per heavy atom. The van der Waals surface area contributed by atoms with Crippen LogP contribution < -0.4 is 5.32 Å². The highest BCUT2D eigenvalue weighted by molar-refractivity contribution is 9.10. The van der Waals surface area contributed by atoms with Crippen LogP contribution in [0.2, 0.25) is 0 Å². The van der Waals surface area contributed by atoms with Crippen molar-refractivity contribution in [3.63, 3.8) is 0 Å². The zero-order valence-electron chi connectivity index (χ0n) is 10.7. The molecule has 0 saturated heterocycles. The highest BCUT2D eigenvalue weighted by Gasteiger charge is 2.12. The summed E-state index contributed by atoms with van der Waals surface area (Å²) in [7, 11) is 0. The Morgan fingerprint density at radius 2 is 2.20 bits per heavy atom. The number of nitro groups is 1. The zero-order chi connectivity index (χ0) is 14.5. The summed E-state index contributed by atoms with van der Waals surface area (Å²) in [6.45, 7) is 2.58. The SMILES string of the molecule is CCNc1cc([N+](=O)[O-])cc(Sc2cccc(Br)c2)n1. The van der Waals surface area contributed by atoms with E-state index < -0.39 is 4.92 Å². The fourth-order valence-corrected chi connectivity index (χ4v) is 3.02. The molecule has 0 amide bonds. The predicted molar refractivity (Wildman–Crippen MR) is 83.3 cm³/mol. The van der Waals surface area contributed by atoms with Crippen molar-refractivity contribution in [2.24, 2.45) is 0 Å². The second-order valence-electron chi connectivity index (χ2n) is 3.90. The largest absolute Gasteiger partial charge is 0.370 e. The van der Waals surface area contributed by atoms with E-state index in [2.05, 4.69) is 26.2 Å². The Kier molecular flexibility index (Phi) is 4.97. The molecule has 0 atom stereocenters. The first kappa shape index (κ1) is 14.8. The highest BCUT2D eigenvalue weighted by Crippen LogP contribution is 2.31. The summed E-state index contributed by atoms with van der Waals surface area (Å²) in [4.78, 5) is 15.9. The van der Waals surface area contributed by atoms with Crippen molar-refractivity contribution in [2.45, 2.75) is 16.8 Å². The minimum Gasteiger partial charge on any atom is -0.370 e. The van der Waals surface area contributed by atoms with Crippen molar-refractivity contribution in [1.29, 1.82) is 0 Å². The Bertz CT molecular complexity index is 637. The minimum absolute atomic E-state index is 0.0356. The number of benzene rings is 1. The van der Waals surface area contributed by atoms with E-state index in [1.54, 1.807) is 0 Å². The molecular formula is C13H12BrN3O2S. The van der Waals surface area contributed by atoms with Gasteiger partial charge in [-0.2, -0.15) is 0 Å². The predicted octanol–water partition coefficient (Wildman–Crippen LogP) is 4.34. The van der Waals surface area contributed by atoms with Gasteiger partial charge in [0.1, 0.15) is 10.8 Å². The smallest absolute Gasteiger partial charge is 0.275 e. The van der Waals surface area contributed by atoms with E-state index in [1.807, 2.05) is 31.2 Å². The molecule has 2 rings (SSSR count). The molecule has 0 unspecified atom stereocenters. The normalized spacial score (nSPS) is 10.3. The number of nitrogens with zero attached hydrogens (tertiary/aromatic N) is 2. The van der Waals surface area contributed by atoms with Crippen LogP contribution in [-0.4, -0.2) is 16.5 Å². The first-order chi connectivity index (χ1) is 9.58. The van der Waals surface area contributed by atoms with Crippen LogP contribution in [0.25, 0.3) is 0 Å². The van der Waals surface area contributed by atoms with Crippen LogP contribution in [-0.2, 0) is 0 Å². The second-order valence-corrected chi connectivity index (χ2v) is 5.91. The van der Waals surface area contributed by atoms with Gasteiger partial charge in [-0.15, -0.1) is 0 Å². The van der Waals surface area contributed by atoms with Crippen LogP contribution in [0.4, 0.5) is 11.5 Å². The number of hydrogen-bond acceptors (Lipinski definition) is 5. The fraction of sp³-hybridized carbons (Fsp3) is 0.154. The van der Waals surface area contributed by atoms with E-state index in [0.717, 1.165) is 9.37 Å². The first-order valence-corrected chi connectivity index (χ1v) is 7.53. The third-order valence-electron chi connectivity index (χ3n) is 2.37. The molecule has 0 fully saturated rings. The molecule has 7 heteroatoms. The van der Waals surface area contributed by atoms with Crippen molar-refractivity contribution in [3.8, 4) is 0 Å². The van der Waals surface area contributed by atoms with Crippen molar-refractivity contribution in [1.82, 2.24) is 4.98 Å². The number of rotatable bonds is 5. The molecule has 5 nitrogen and oxygen atoms in total. The Labute approximate surface area is 129 Å². The molecule has 0 radical (unpaired) electrons. The molecule has 0 bridgehead atoms. The Morgan fingerprint density at radius 1 is 1.40 bits per heavy atom. The molecule has 1 aromatic heterocycles. The zero-order valence-corrected chi connectivity index (χ0v) is 13.1. The molecule has 0 saturated carbocycles. The lowest BCUT2D eigenvalue weighted by atomic mass is 10.4. The monoisotopic (exact) mass is 353 g/mol. The van der Waals surface area contributed by atoms with Crippen LogP contribution in [0.15, 0.2) is 50.8 Å². The first-order valence-electron chi connectivity index (χ1n) is 5.92. The molecule has 104 valence electrons. The summed E-state index contributed by atoms with van der Waals surface area (Å²) in [5.41, 5.74) is 0.0356. The van der Waals surface area contributed by atoms with Crippen molar-refractivity contribution >= 4 is 39.2 Å². The van der Waals surface area contributed by atoms with Gasteiger partial charge in [0.05, 0.1) is 11.0 Å². The second kappa shape index (κ2) is 6.71. The number of anilines is 1. The summed E-state index contributed by atoms with van der Waals surface area (Å²) in [6, 6.07) is 10.6. The number of halogens is 1. The van der Waals surface area contributed by atoms with Gasteiger partial charge in [-0.1, -0.05) is 33.8 Å². The molecule has 20 heavy (non-hydrogen) atoms. The summed E-state index contributed by atoms with van der Waals surface area (Å²) >= 11 is 4.79. The summed E-state index contributed by atoms with van der Waals surface area (Å²) < 4.78 is 0.958. The average Bonchev–Trinajstić information content (AvgIpc) is 2.38. The third-order valence-corrected chi connectivity index (χ3v) is 3.77. The van der Waals surface area contributed by atoms with E-state index in [4.69, 9.17) is 0 Å². The van der Waals surface area contributed by atoms with E-state index in [-0.39, 0.29) is 5.69 Å². The van der Waals surface area contributed by atoms with Crippen molar-refractivity contribution in [3.05, 3.63) is 51.0 Å². The quantitative estimate of drug-likeness (QED) is 0.639. The lowest BCUT2D eigenvalue weighted by Crippen LogP contribution is -2.01. The van der Waals surface area contributed by atoms with Crippen LogP contribution in [0.1, 0.15) is 6.92 Å². The van der Waals surface area contributed by atoms with E-state index in [1.165, 1.54) is 23.9 Å². The van der Waals surface area contributed by atoms with Gasteiger partial charge in [-0.25, -0.2) is 4.98 Å². The Balaban J connectivity index is 2.32. The summed E-state index contributed by atoms with van der Waals surface area (Å²) in [6.07, 6.45) is 0. The maximum absolute atomic E-state index is 10.9. The molecule has 1 aromatic carbocycles. The molecule has 0 aliphatic heterocycles. The van der Waals surface area contributed by atoms with Crippen LogP contribution in [0.3, 0.4) is 0 Å². The summed E-state index contributed by atoms with van der Waals surface area (Å²) in [5.74, 6) is 0.513. The number of pyridine rings is 1. The lowest BCUT2D eigenvalue weighted by molar-refractivity contribution is -0.385. The van der Waals surface area contributed by atoms with E-state index >= 15 is 0 Å². The minimum atomic E-state index is -0.409. The van der Waals surface area contributed by atoms with Gasteiger partial charge in [0, 0.05) is 22.0 Å². The van der Waals surface area contributed by atoms with Gasteiger partial charge in [0.2, 0.25) is 0 Å². The summed E-state index contributed by atoms with van der Waals surface area (Å²) in [5, 5.41) is 14.5. The Hall–Kier alpha value is -1.60. The maximum Gasteiger partial charge on any atom is 0.275 e. The fourth-order valence-electron chi connectivity index (χ4n) is 1.57. The molecular weight excluding hydrogens is 342 g/mol. The van der Waals surface area contributed by atoms with Crippen LogP contribution >= 0.6 is 27.7 Å². The number of aromatic nitrogens is 1. The van der Waals surface area contributed by atoms with Crippen molar-refractivity contribution in [2.75, 3.05) is 11.9 Å². The van der Waals surface area contributed by atoms with Crippen LogP contribution in [0.5, 0.6) is 0 Å². The lowest BCUT2D eigenvalue weighted by Gasteiger charge is -2.06. The molecule has 0 aliphatic carbocycles. The topological polar surface area (TPSA) is 68.1 Å². The molecule has 2 aromatic rings. The number of nitrogens with one attached hydrogen (secondary N) is 1. The molecule has 0 spiro atoms. The van der Waals surface area contributed by atoms with E-state index in [9.17, 15) is 10.1 Å². The standard InChI is InChI=1S/C13H12BrN3O2S/c1-2-15-12-7-10(17(18)19)8-13(16-12)20-11-5-3-4-9(14)6-11/h3-8H,2H2,1H3,(H,15,16). The molecule has 0 aliphatic rings. The highest BCUT2D eigenvalue weighted by atomic mass is 79.9. The maximum atomic E-state index is 10.9. The van der Waals surface area contributed by atoms with Gasteiger partial charge in [0.25, 0.3) is 5.69 Å². The van der Waals surface area contributed by atoms with Gasteiger partial charge < -0.3 is 5.32 Å². The van der Waals surface area contributed by atoms with Crippen molar-refractivity contribution < 1.29 is 4.92 Å². The van der Waals surface area contributed by atoms with Crippen LogP contribution in [0, 0.1) is 10.1 Å².